The summed E-state index contributed by atoms with van der Waals surface area (Å²) in [5.41, 5.74) is 0. The fourth-order valence-corrected chi connectivity index (χ4v) is 3.11. The van der Waals surface area contributed by atoms with Gasteiger partial charge in [0.15, 0.2) is 0 Å². The van der Waals surface area contributed by atoms with Crippen molar-refractivity contribution in [3.63, 3.8) is 0 Å². The highest BCUT2D eigenvalue weighted by Gasteiger charge is 2.39. The molecule has 3 aliphatic rings. The van der Waals surface area contributed by atoms with Crippen LogP contribution in [0.3, 0.4) is 0 Å². The van der Waals surface area contributed by atoms with E-state index >= 15 is 0 Å². The summed E-state index contributed by atoms with van der Waals surface area (Å²) in [7, 11) is 0. The maximum Gasteiger partial charge on any atom is 0.239 e. The molecule has 0 bridgehead atoms. The summed E-state index contributed by atoms with van der Waals surface area (Å²) >= 11 is 0. The lowest BCUT2D eigenvalue weighted by molar-refractivity contribution is -0.126. The maximum atomic E-state index is 12.1. The molecule has 2 heterocycles. The molecule has 2 saturated heterocycles. The normalized spacial score (nSPS) is 34.0. The van der Waals surface area contributed by atoms with Crippen LogP contribution in [0.2, 0.25) is 0 Å². The van der Waals surface area contributed by atoms with E-state index in [1.165, 1.54) is 12.8 Å². The van der Waals surface area contributed by atoms with Crippen molar-refractivity contribution < 1.29 is 9.53 Å². The molecule has 2 aliphatic heterocycles. The van der Waals surface area contributed by atoms with Gasteiger partial charge in [0.25, 0.3) is 0 Å². The average Bonchev–Trinajstić information content (AvgIpc) is 3.15. The van der Waals surface area contributed by atoms with Crippen molar-refractivity contribution in [3.8, 4) is 0 Å². The van der Waals surface area contributed by atoms with Gasteiger partial charge in [-0.3, -0.25) is 9.69 Å². The second-order valence-corrected chi connectivity index (χ2v) is 5.80. The molecule has 118 valence electrons. The Hall–Kier alpha value is -0.0700. The third-order valence-corrected chi connectivity index (χ3v) is 4.22. The molecule has 2 N–H and O–H groups in total. The number of hydrogen-bond donors (Lipinski definition) is 2. The molecule has 0 radical (unpaired) electrons. The summed E-state index contributed by atoms with van der Waals surface area (Å²) in [4.78, 5) is 14.6. The fraction of sp³-hybridized carbons (Fsp3) is 0.923. The zero-order valence-electron chi connectivity index (χ0n) is 11.8. The van der Waals surface area contributed by atoms with E-state index in [9.17, 15) is 4.79 Å². The molecule has 0 aromatic rings. The van der Waals surface area contributed by atoms with Gasteiger partial charge >= 0.3 is 0 Å². The van der Waals surface area contributed by atoms with Gasteiger partial charge in [-0.25, -0.2) is 0 Å². The van der Waals surface area contributed by atoms with Crippen LogP contribution in [0.4, 0.5) is 0 Å². The van der Waals surface area contributed by atoms with Crippen LogP contribution in [0, 0.1) is 0 Å². The Bertz CT molecular complexity index is 323. The number of nitrogens with one attached hydrogen (secondary N) is 2. The monoisotopic (exact) mass is 325 g/mol. The van der Waals surface area contributed by atoms with Crippen LogP contribution in [0.1, 0.15) is 26.2 Å². The van der Waals surface area contributed by atoms with E-state index in [-0.39, 0.29) is 36.8 Å². The Balaban J connectivity index is 0.000001000. The van der Waals surface area contributed by atoms with Crippen molar-refractivity contribution in [2.24, 2.45) is 0 Å². The van der Waals surface area contributed by atoms with E-state index < -0.39 is 0 Å². The minimum absolute atomic E-state index is 0. The minimum Gasteiger partial charge on any atom is -0.378 e. The van der Waals surface area contributed by atoms with Crippen LogP contribution in [-0.4, -0.2) is 61.3 Å². The number of nitrogens with zero attached hydrogens (tertiary/aromatic N) is 1. The predicted molar refractivity (Wildman–Crippen MR) is 82.8 cm³/mol. The fourth-order valence-electron chi connectivity index (χ4n) is 3.11. The molecule has 3 atom stereocenters. The molecule has 20 heavy (non-hydrogen) atoms. The summed E-state index contributed by atoms with van der Waals surface area (Å²) in [6, 6.07) is 1.55. The Morgan fingerprint density at radius 3 is 2.70 bits per heavy atom. The first-order chi connectivity index (χ1) is 8.74. The maximum absolute atomic E-state index is 12.1. The second-order valence-electron chi connectivity index (χ2n) is 5.80. The van der Waals surface area contributed by atoms with Crippen LogP contribution in [-0.2, 0) is 9.53 Å². The molecule has 1 aliphatic carbocycles. The van der Waals surface area contributed by atoms with Crippen LogP contribution < -0.4 is 10.6 Å². The Kier molecular flexibility index (Phi) is 7.01. The highest BCUT2D eigenvalue weighted by Crippen LogP contribution is 2.33. The third kappa shape index (κ3) is 4.21. The van der Waals surface area contributed by atoms with E-state index in [2.05, 4.69) is 22.5 Å². The second kappa shape index (κ2) is 7.80. The first kappa shape index (κ1) is 18.0. The SMILES string of the molecule is CC1CC(NC(=O)C2COCCN2)CN1C1CC1.Cl.Cl. The van der Waals surface area contributed by atoms with Gasteiger partial charge in [0.1, 0.15) is 6.04 Å². The molecule has 3 unspecified atom stereocenters. The van der Waals surface area contributed by atoms with Crippen molar-refractivity contribution in [2.45, 2.75) is 50.4 Å². The molecular weight excluding hydrogens is 301 g/mol. The number of amides is 1. The molecular formula is C13H25Cl2N3O2. The Morgan fingerprint density at radius 1 is 1.35 bits per heavy atom. The zero-order chi connectivity index (χ0) is 12.5. The van der Waals surface area contributed by atoms with Gasteiger partial charge in [-0.15, -0.1) is 24.8 Å². The predicted octanol–water partition coefficient (Wildman–Crippen LogP) is 0.560. The van der Waals surface area contributed by atoms with E-state index in [1.807, 2.05) is 0 Å². The molecule has 3 rings (SSSR count). The lowest BCUT2D eigenvalue weighted by Crippen LogP contribution is -2.53. The van der Waals surface area contributed by atoms with Crippen LogP contribution in [0.25, 0.3) is 0 Å². The number of ether oxygens (including phenoxy) is 1. The van der Waals surface area contributed by atoms with E-state index in [0.717, 1.165) is 25.6 Å². The Morgan fingerprint density at radius 2 is 2.10 bits per heavy atom. The van der Waals surface area contributed by atoms with Crippen molar-refractivity contribution in [2.75, 3.05) is 26.3 Å². The van der Waals surface area contributed by atoms with Gasteiger partial charge in [0.2, 0.25) is 5.91 Å². The van der Waals surface area contributed by atoms with Gasteiger partial charge in [0, 0.05) is 31.2 Å². The average molecular weight is 326 g/mol. The standard InChI is InChI=1S/C13H23N3O2.2ClH/c1-9-6-10(7-16(9)11-2-3-11)15-13(17)12-8-18-5-4-14-12;;/h9-12,14H,2-8H2,1H3,(H,15,17);2*1H. The molecule has 0 aromatic carbocycles. The number of carbonyl (C=O) groups excluding carboxylic acids is 1. The topological polar surface area (TPSA) is 53.6 Å². The molecule has 3 fully saturated rings. The first-order valence-corrected chi connectivity index (χ1v) is 7.11. The highest BCUT2D eigenvalue weighted by molar-refractivity contribution is 5.85. The summed E-state index contributed by atoms with van der Waals surface area (Å²) in [6.07, 6.45) is 3.75. The number of likely N-dealkylation sites (tertiary alicyclic amines) is 1. The van der Waals surface area contributed by atoms with E-state index in [4.69, 9.17) is 4.74 Å². The van der Waals surface area contributed by atoms with Crippen LogP contribution >= 0.6 is 24.8 Å². The number of morpholine rings is 1. The summed E-state index contributed by atoms with van der Waals surface area (Å²) in [6.45, 7) is 5.27. The number of halogens is 2. The van der Waals surface area contributed by atoms with Crippen molar-refractivity contribution in [3.05, 3.63) is 0 Å². The summed E-state index contributed by atoms with van der Waals surface area (Å²) in [5, 5.41) is 6.37. The molecule has 0 aromatic heterocycles. The Labute approximate surface area is 133 Å². The van der Waals surface area contributed by atoms with E-state index in [0.29, 0.717) is 25.3 Å². The highest BCUT2D eigenvalue weighted by atomic mass is 35.5. The zero-order valence-corrected chi connectivity index (χ0v) is 13.5. The smallest absolute Gasteiger partial charge is 0.239 e. The third-order valence-electron chi connectivity index (χ3n) is 4.22. The van der Waals surface area contributed by atoms with Crippen LogP contribution in [0.15, 0.2) is 0 Å². The first-order valence-electron chi connectivity index (χ1n) is 7.11. The van der Waals surface area contributed by atoms with Gasteiger partial charge in [0.05, 0.1) is 13.2 Å². The molecule has 1 amide bonds. The lowest BCUT2D eigenvalue weighted by atomic mass is 10.1. The van der Waals surface area contributed by atoms with Gasteiger partial charge in [-0.2, -0.15) is 0 Å². The molecule has 5 nitrogen and oxygen atoms in total. The minimum atomic E-state index is -0.163. The molecule has 1 saturated carbocycles. The number of carbonyl (C=O) groups is 1. The van der Waals surface area contributed by atoms with Crippen LogP contribution in [0.5, 0.6) is 0 Å². The van der Waals surface area contributed by atoms with Gasteiger partial charge < -0.3 is 15.4 Å². The summed E-state index contributed by atoms with van der Waals surface area (Å²) in [5.74, 6) is 0.101. The lowest BCUT2D eigenvalue weighted by Gasteiger charge is -2.24. The summed E-state index contributed by atoms with van der Waals surface area (Å²) < 4.78 is 5.32. The quantitative estimate of drug-likeness (QED) is 0.796. The molecule has 7 heteroatoms. The number of hydrogen-bond acceptors (Lipinski definition) is 4. The van der Waals surface area contributed by atoms with Gasteiger partial charge in [-0.1, -0.05) is 0 Å². The van der Waals surface area contributed by atoms with Crippen molar-refractivity contribution >= 4 is 30.7 Å². The van der Waals surface area contributed by atoms with E-state index in [1.54, 1.807) is 0 Å². The molecule has 0 spiro atoms. The number of rotatable bonds is 3. The van der Waals surface area contributed by atoms with Gasteiger partial charge in [-0.05, 0) is 26.2 Å². The largest absolute Gasteiger partial charge is 0.378 e. The van der Waals surface area contributed by atoms with Crippen molar-refractivity contribution in [1.29, 1.82) is 0 Å². The van der Waals surface area contributed by atoms with Crippen molar-refractivity contribution in [1.82, 2.24) is 15.5 Å².